The number of nitrogens with zero attached hydrogens (tertiary/aromatic N) is 1. The molecule has 4 nitrogen and oxygen atoms in total. The quantitative estimate of drug-likeness (QED) is 0.713. The van der Waals surface area contributed by atoms with E-state index in [0.717, 1.165) is 19.5 Å². The minimum atomic E-state index is 0.0318. The first kappa shape index (κ1) is 11.9. The van der Waals surface area contributed by atoms with Crippen LogP contribution in [0.4, 0.5) is 0 Å². The third-order valence-corrected chi connectivity index (χ3v) is 3.61. The zero-order valence-corrected chi connectivity index (χ0v) is 10.2. The average molecular weight is 226 g/mol. The third kappa shape index (κ3) is 2.55. The van der Waals surface area contributed by atoms with Gasteiger partial charge in [0.05, 0.1) is 25.3 Å². The van der Waals surface area contributed by atoms with Crippen LogP contribution < -0.4 is 5.32 Å². The highest BCUT2D eigenvalue weighted by Crippen LogP contribution is 2.18. The van der Waals surface area contributed by atoms with Crippen LogP contribution in [0.1, 0.15) is 26.7 Å². The molecule has 2 aliphatic heterocycles. The minimum Gasteiger partial charge on any atom is -0.377 e. The van der Waals surface area contributed by atoms with E-state index in [1.165, 1.54) is 6.42 Å². The van der Waals surface area contributed by atoms with Gasteiger partial charge in [-0.25, -0.2) is 0 Å². The fourth-order valence-electron chi connectivity index (χ4n) is 2.55. The largest absolute Gasteiger partial charge is 0.377 e. The number of piperidine rings is 1. The molecule has 2 aliphatic rings. The summed E-state index contributed by atoms with van der Waals surface area (Å²) in [6.07, 6.45) is 2.16. The Hall–Kier alpha value is -0.610. The van der Waals surface area contributed by atoms with Crippen molar-refractivity contribution in [2.75, 3.05) is 26.3 Å². The molecule has 0 aromatic heterocycles. The van der Waals surface area contributed by atoms with E-state index in [0.29, 0.717) is 19.1 Å². The lowest BCUT2D eigenvalue weighted by atomic mass is 9.93. The van der Waals surface area contributed by atoms with Crippen LogP contribution in [0.2, 0.25) is 0 Å². The summed E-state index contributed by atoms with van der Waals surface area (Å²) in [5, 5.41) is 3.34. The zero-order valence-electron chi connectivity index (χ0n) is 10.2. The van der Waals surface area contributed by atoms with E-state index in [9.17, 15) is 4.79 Å². The molecule has 0 aromatic carbocycles. The summed E-state index contributed by atoms with van der Waals surface area (Å²) >= 11 is 0. The molecule has 2 unspecified atom stereocenters. The molecule has 92 valence electrons. The first-order valence-corrected chi connectivity index (χ1v) is 6.30. The monoisotopic (exact) mass is 226 g/mol. The van der Waals surface area contributed by atoms with Gasteiger partial charge in [0.1, 0.15) is 0 Å². The summed E-state index contributed by atoms with van der Waals surface area (Å²) < 4.78 is 5.36. The van der Waals surface area contributed by atoms with Crippen molar-refractivity contribution in [2.24, 2.45) is 5.92 Å². The Kier molecular flexibility index (Phi) is 3.82. The Bertz CT molecular complexity index is 257. The van der Waals surface area contributed by atoms with Gasteiger partial charge in [0, 0.05) is 6.54 Å². The Morgan fingerprint density at radius 2 is 2.25 bits per heavy atom. The number of hydrogen-bond acceptors (Lipinski definition) is 3. The number of ether oxygens (including phenoxy) is 1. The van der Waals surface area contributed by atoms with Gasteiger partial charge in [-0.05, 0) is 32.2 Å². The number of rotatable bonds is 1. The van der Waals surface area contributed by atoms with E-state index in [1.54, 1.807) is 0 Å². The number of hydrogen-bond donors (Lipinski definition) is 1. The van der Waals surface area contributed by atoms with Crippen molar-refractivity contribution in [1.82, 2.24) is 10.2 Å². The maximum absolute atomic E-state index is 12.3. The van der Waals surface area contributed by atoms with Crippen LogP contribution >= 0.6 is 0 Å². The summed E-state index contributed by atoms with van der Waals surface area (Å²) in [6, 6.07) is 0.254. The molecule has 2 saturated heterocycles. The maximum Gasteiger partial charge on any atom is 0.240 e. The molecule has 2 heterocycles. The Morgan fingerprint density at radius 1 is 1.44 bits per heavy atom. The average Bonchev–Trinajstić information content (AvgIpc) is 2.29. The maximum atomic E-state index is 12.3. The van der Waals surface area contributed by atoms with Gasteiger partial charge < -0.3 is 15.0 Å². The van der Waals surface area contributed by atoms with E-state index in [1.807, 2.05) is 4.90 Å². The second-order valence-electron chi connectivity index (χ2n) is 5.09. The van der Waals surface area contributed by atoms with Gasteiger partial charge in [-0.1, -0.05) is 6.92 Å². The molecule has 0 radical (unpaired) electrons. The smallest absolute Gasteiger partial charge is 0.240 e. The number of carbonyl (C=O) groups excluding carboxylic acids is 1. The molecule has 0 spiro atoms. The van der Waals surface area contributed by atoms with Crippen molar-refractivity contribution in [2.45, 2.75) is 38.8 Å². The summed E-state index contributed by atoms with van der Waals surface area (Å²) in [5.41, 5.74) is 0. The fraction of sp³-hybridized carbons (Fsp3) is 0.917. The predicted molar refractivity (Wildman–Crippen MR) is 62.2 cm³/mol. The molecule has 2 rings (SSSR count). The highest BCUT2D eigenvalue weighted by molar-refractivity contribution is 5.82. The second kappa shape index (κ2) is 5.15. The van der Waals surface area contributed by atoms with E-state index < -0.39 is 0 Å². The SMILES string of the molecule is CC1CCNC(C(=O)N2CCOC[C@H]2C)C1. The molecule has 3 atom stereocenters. The van der Waals surface area contributed by atoms with Crippen LogP contribution in [0.3, 0.4) is 0 Å². The fourth-order valence-corrected chi connectivity index (χ4v) is 2.55. The van der Waals surface area contributed by atoms with Gasteiger partial charge in [0.2, 0.25) is 5.91 Å². The molecule has 1 N–H and O–H groups in total. The Morgan fingerprint density at radius 3 is 2.94 bits per heavy atom. The second-order valence-corrected chi connectivity index (χ2v) is 5.09. The Balaban J connectivity index is 1.94. The van der Waals surface area contributed by atoms with Gasteiger partial charge in [-0.15, -0.1) is 0 Å². The summed E-state index contributed by atoms with van der Waals surface area (Å²) in [5.74, 6) is 0.925. The number of amides is 1. The van der Waals surface area contributed by atoms with Crippen molar-refractivity contribution in [1.29, 1.82) is 0 Å². The molecule has 2 fully saturated rings. The predicted octanol–water partition coefficient (Wildman–Crippen LogP) is 0.622. The molecule has 4 heteroatoms. The highest BCUT2D eigenvalue weighted by atomic mass is 16.5. The normalized spacial score (nSPS) is 36.1. The van der Waals surface area contributed by atoms with E-state index >= 15 is 0 Å². The van der Waals surface area contributed by atoms with Gasteiger partial charge in [-0.3, -0.25) is 4.79 Å². The molecular weight excluding hydrogens is 204 g/mol. The van der Waals surface area contributed by atoms with Gasteiger partial charge in [0.25, 0.3) is 0 Å². The summed E-state index contributed by atoms with van der Waals surface area (Å²) in [7, 11) is 0. The third-order valence-electron chi connectivity index (χ3n) is 3.61. The highest BCUT2D eigenvalue weighted by Gasteiger charge is 2.31. The molecule has 1 amide bonds. The first-order valence-electron chi connectivity index (χ1n) is 6.30. The van der Waals surface area contributed by atoms with E-state index in [4.69, 9.17) is 4.74 Å². The molecule has 0 saturated carbocycles. The number of morpholine rings is 1. The summed E-state index contributed by atoms with van der Waals surface area (Å²) in [4.78, 5) is 14.3. The topological polar surface area (TPSA) is 41.6 Å². The van der Waals surface area contributed by atoms with Crippen LogP contribution in [0.15, 0.2) is 0 Å². The molecule has 0 aliphatic carbocycles. The van der Waals surface area contributed by atoms with Crippen molar-refractivity contribution in [3.63, 3.8) is 0 Å². The van der Waals surface area contributed by atoms with E-state index in [2.05, 4.69) is 19.2 Å². The van der Waals surface area contributed by atoms with Crippen LogP contribution in [0, 0.1) is 5.92 Å². The standard InChI is InChI=1S/C12H22N2O2/c1-9-3-4-13-11(7-9)12(15)14-5-6-16-8-10(14)2/h9-11,13H,3-8H2,1-2H3/t9?,10-,11?/m1/s1. The van der Waals surface area contributed by atoms with Crippen molar-refractivity contribution in [3.05, 3.63) is 0 Å². The Labute approximate surface area is 97.3 Å². The zero-order chi connectivity index (χ0) is 11.5. The van der Waals surface area contributed by atoms with Crippen LogP contribution in [0.25, 0.3) is 0 Å². The van der Waals surface area contributed by atoms with Gasteiger partial charge in [0.15, 0.2) is 0 Å². The van der Waals surface area contributed by atoms with Gasteiger partial charge >= 0.3 is 0 Å². The van der Waals surface area contributed by atoms with Crippen molar-refractivity contribution >= 4 is 5.91 Å². The first-order chi connectivity index (χ1) is 7.68. The molecular formula is C12H22N2O2. The minimum absolute atomic E-state index is 0.0318. The number of nitrogens with one attached hydrogen (secondary N) is 1. The lowest BCUT2D eigenvalue weighted by Crippen LogP contribution is -2.55. The van der Waals surface area contributed by atoms with Crippen LogP contribution in [-0.4, -0.2) is 49.2 Å². The van der Waals surface area contributed by atoms with Gasteiger partial charge in [-0.2, -0.15) is 0 Å². The van der Waals surface area contributed by atoms with Crippen LogP contribution in [0.5, 0.6) is 0 Å². The molecule has 0 aromatic rings. The molecule has 16 heavy (non-hydrogen) atoms. The van der Waals surface area contributed by atoms with Crippen molar-refractivity contribution in [3.8, 4) is 0 Å². The lowest BCUT2D eigenvalue weighted by Gasteiger charge is -2.38. The van der Waals surface area contributed by atoms with Crippen LogP contribution in [-0.2, 0) is 9.53 Å². The molecule has 0 bridgehead atoms. The lowest BCUT2D eigenvalue weighted by molar-refractivity contribution is -0.142. The number of carbonyl (C=O) groups is 1. The van der Waals surface area contributed by atoms with Crippen molar-refractivity contribution < 1.29 is 9.53 Å². The summed E-state index contributed by atoms with van der Waals surface area (Å²) in [6.45, 7) is 7.35. The van der Waals surface area contributed by atoms with E-state index in [-0.39, 0.29) is 18.0 Å².